The topological polar surface area (TPSA) is 264 Å². The van der Waals surface area contributed by atoms with Crippen LogP contribution in [-0.4, -0.2) is 134 Å². The van der Waals surface area contributed by atoms with Crippen LogP contribution in [0.1, 0.15) is 51.7 Å². The third-order valence-electron chi connectivity index (χ3n) is 10.1. The average Bonchev–Trinajstić information content (AvgIpc) is 3.19. The molecule has 0 radical (unpaired) electrons. The Bertz CT molecular complexity index is 1860. The normalized spacial score (nSPS) is 26.8. The molecule has 2 saturated heterocycles. The van der Waals surface area contributed by atoms with Crippen LogP contribution in [0, 0.1) is 5.92 Å². The molecule has 2 aliphatic rings. The van der Waals surface area contributed by atoms with Crippen LogP contribution >= 0.6 is 0 Å². The Hall–Kier alpha value is -5.85. The highest BCUT2D eigenvalue weighted by molar-refractivity contribution is 6.02. The van der Waals surface area contributed by atoms with E-state index < -0.39 is 103 Å². The van der Waals surface area contributed by atoms with Crippen molar-refractivity contribution in [2.24, 2.45) is 5.92 Å². The van der Waals surface area contributed by atoms with Crippen molar-refractivity contribution in [3.05, 3.63) is 77.5 Å². The number of aliphatic hydroxyl groups excluding tert-OH is 3. The maximum atomic E-state index is 14.8. The van der Waals surface area contributed by atoms with Crippen LogP contribution in [0.3, 0.4) is 0 Å². The Morgan fingerprint density at radius 3 is 2.14 bits per heavy atom. The highest BCUT2D eigenvalue weighted by Crippen LogP contribution is 2.25. The van der Waals surface area contributed by atoms with E-state index in [-0.39, 0.29) is 37.1 Å². The van der Waals surface area contributed by atoms with Crippen molar-refractivity contribution in [2.75, 3.05) is 13.7 Å². The first-order valence-electron chi connectivity index (χ1n) is 18.9. The minimum atomic E-state index is -1.97. The molecule has 314 valence electrons. The molecule has 8 N–H and O–H groups in total. The number of amides is 6. The van der Waals surface area contributed by atoms with Crippen molar-refractivity contribution >= 4 is 41.4 Å². The summed E-state index contributed by atoms with van der Waals surface area (Å²) in [5.41, 5.74) is 0.747. The van der Waals surface area contributed by atoms with Gasteiger partial charge in [-0.3, -0.25) is 28.8 Å². The molecule has 2 aliphatic heterocycles. The number of hydrogen-bond donors (Lipinski definition) is 8. The average molecular weight is 809 g/mol. The Labute approximate surface area is 335 Å². The van der Waals surface area contributed by atoms with E-state index in [1.165, 1.54) is 39.1 Å². The van der Waals surface area contributed by atoms with Gasteiger partial charge in [0.15, 0.2) is 6.10 Å². The first-order chi connectivity index (χ1) is 27.5. The summed E-state index contributed by atoms with van der Waals surface area (Å²) in [5.74, 6) is -7.34. The molecule has 2 heterocycles. The number of aromatic hydroxyl groups is 1. The number of phenols is 1. The number of cyclic esters (lactones) is 1. The fraction of sp³-hybridized carbons (Fsp3) is 0.475. The van der Waals surface area contributed by atoms with Gasteiger partial charge >= 0.3 is 5.97 Å². The summed E-state index contributed by atoms with van der Waals surface area (Å²) in [6, 6.07) is 7.35. The predicted octanol–water partition coefficient (Wildman–Crippen LogP) is -1.26. The van der Waals surface area contributed by atoms with Crippen molar-refractivity contribution in [3.8, 4) is 5.75 Å². The molecule has 0 unspecified atom stereocenters. The van der Waals surface area contributed by atoms with Crippen molar-refractivity contribution in [1.82, 2.24) is 31.1 Å². The maximum absolute atomic E-state index is 14.8. The van der Waals surface area contributed by atoms with E-state index in [9.17, 15) is 54.0 Å². The molecule has 4 rings (SSSR count). The van der Waals surface area contributed by atoms with Gasteiger partial charge in [-0.25, -0.2) is 4.79 Å². The molecule has 18 nitrogen and oxygen atoms in total. The fourth-order valence-electron chi connectivity index (χ4n) is 6.70. The second kappa shape index (κ2) is 20.0. The number of nitrogens with zero attached hydrogens (tertiary/aromatic N) is 2. The van der Waals surface area contributed by atoms with E-state index in [0.29, 0.717) is 11.1 Å². The van der Waals surface area contributed by atoms with Crippen LogP contribution in [-0.2, 0) is 51.1 Å². The SMILES string of the molecule is C/C=C1/NC(=O)[C@@H](NC(=O)[C@H](O)CO)[C@@H](C)OC(=O)[C@H](C(C)C)NC(=O)[C@H](Cc2ccc(O)cc2)N(C)C(=O)[C@H](Cc2ccccc2)N2C(=O)[C@H](CC[C@@H]2O)NC1=O. The number of rotatable bonds is 8. The summed E-state index contributed by atoms with van der Waals surface area (Å²) in [6.45, 7) is 4.86. The van der Waals surface area contributed by atoms with Crippen molar-refractivity contribution < 1.29 is 58.7 Å². The Kier molecular flexibility index (Phi) is 15.5. The van der Waals surface area contributed by atoms with E-state index in [1.807, 2.05) is 0 Å². The zero-order chi connectivity index (χ0) is 42.8. The number of fused-ring (bicyclic) bond motifs is 2. The van der Waals surface area contributed by atoms with Crippen molar-refractivity contribution in [3.63, 3.8) is 0 Å². The van der Waals surface area contributed by atoms with Gasteiger partial charge in [-0.1, -0.05) is 62.4 Å². The molecule has 0 saturated carbocycles. The molecule has 0 aliphatic carbocycles. The van der Waals surface area contributed by atoms with Crippen LogP contribution in [0.4, 0.5) is 0 Å². The summed E-state index contributed by atoms with van der Waals surface area (Å²) in [6.07, 6.45) is -4.10. The molecule has 6 amide bonds. The number of allylic oxidation sites excluding steroid dienone is 1. The van der Waals surface area contributed by atoms with Gasteiger partial charge in [0.05, 0.1) is 6.61 Å². The highest BCUT2D eigenvalue weighted by atomic mass is 16.5. The summed E-state index contributed by atoms with van der Waals surface area (Å²) in [4.78, 5) is 99.5. The van der Waals surface area contributed by atoms with Crippen LogP contribution in [0.15, 0.2) is 66.4 Å². The largest absolute Gasteiger partial charge is 0.508 e. The van der Waals surface area contributed by atoms with E-state index in [2.05, 4.69) is 21.3 Å². The molecule has 2 aromatic rings. The molecule has 0 spiro atoms. The van der Waals surface area contributed by atoms with E-state index in [1.54, 1.807) is 56.3 Å². The quantitative estimate of drug-likeness (QED) is 0.115. The number of esters is 1. The lowest BCUT2D eigenvalue weighted by molar-refractivity contribution is -0.165. The number of piperidine rings is 1. The third-order valence-corrected chi connectivity index (χ3v) is 10.1. The monoisotopic (exact) mass is 808 g/mol. The molecule has 2 bridgehead atoms. The summed E-state index contributed by atoms with van der Waals surface area (Å²) >= 11 is 0. The van der Waals surface area contributed by atoms with E-state index >= 15 is 0 Å². The second-order valence-corrected chi connectivity index (χ2v) is 14.6. The van der Waals surface area contributed by atoms with Gasteiger partial charge in [0, 0.05) is 19.9 Å². The zero-order valence-electron chi connectivity index (χ0n) is 33.0. The minimum Gasteiger partial charge on any atom is -0.508 e. The van der Waals surface area contributed by atoms with Crippen LogP contribution in [0.5, 0.6) is 5.75 Å². The van der Waals surface area contributed by atoms with Crippen LogP contribution in [0.2, 0.25) is 0 Å². The number of likely N-dealkylation sites (N-methyl/N-ethyl adjacent to an activating group) is 1. The standard InChI is InChI=1S/C40H52N6O12/c1-6-26-34(51)42-27-16-17-31(50)46(38(27)55)29(19-23-10-8-7-9-11-23)39(56)45(5)28(18-24-12-14-25(48)15-13-24)35(52)43-32(21(2)3)40(57)58-22(4)33(37(54)41-26)44-36(53)30(49)20-47/h6-15,21-22,27-33,47-50H,16-20H2,1-5H3,(H,41,54)(H,42,51)(H,43,52)(H,44,53)/b26-6+/t22-,27+,28+,29+,30-,31+,32+,33+/m1/s1. The smallest absolute Gasteiger partial charge is 0.329 e. The molecular weight excluding hydrogens is 756 g/mol. The van der Waals surface area contributed by atoms with Crippen molar-refractivity contribution in [2.45, 2.75) is 102 Å². The van der Waals surface area contributed by atoms with Gasteiger partial charge < -0.3 is 56.2 Å². The van der Waals surface area contributed by atoms with Gasteiger partial charge in [0.2, 0.25) is 17.7 Å². The van der Waals surface area contributed by atoms with Crippen LogP contribution < -0.4 is 21.3 Å². The summed E-state index contributed by atoms with van der Waals surface area (Å²) in [7, 11) is 1.35. The lowest BCUT2D eigenvalue weighted by atomic mass is 9.95. The lowest BCUT2D eigenvalue weighted by Gasteiger charge is -2.43. The summed E-state index contributed by atoms with van der Waals surface area (Å²) in [5, 5.41) is 50.4. The van der Waals surface area contributed by atoms with E-state index in [4.69, 9.17) is 4.74 Å². The predicted molar refractivity (Wildman–Crippen MR) is 206 cm³/mol. The number of nitrogens with one attached hydrogen (secondary N) is 4. The number of hydrogen-bond acceptors (Lipinski definition) is 12. The fourth-order valence-corrected chi connectivity index (χ4v) is 6.70. The van der Waals surface area contributed by atoms with Gasteiger partial charge in [0.25, 0.3) is 17.7 Å². The number of aliphatic hydroxyl groups is 3. The number of carbonyl (C=O) groups is 7. The number of benzene rings is 2. The number of ether oxygens (including phenoxy) is 1. The molecule has 8 atom stereocenters. The van der Waals surface area contributed by atoms with Gasteiger partial charge in [-0.05, 0) is 55.9 Å². The number of phenolic OH excluding ortho intramolecular Hbond substituents is 1. The van der Waals surface area contributed by atoms with Gasteiger partial charge in [-0.15, -0.1) is 0 Å². The maximum Gasteiger partial charge on any atom is 0.329 e. The van der Waals surface area contributed by atoms with E-state index in [0.717, 1.165) is 9.80 Å². The first-order valence-corrected chi connectivity index (χ1v) is 18.9. The molecule has 2 fully saturated rings. The second-order valence-electron chi connectivity index (χ2n) is 14.6. The van der Waals surface area contributed by atoms with Gasteiger partial charge in [-0.2, -0.15) is 0 Å². The van der Waals surface area contributed by atoms with Gasteiger partial charge in [0.1, 0.15) is 54.0 Å². The third kappa shape index (κ3) is 11.0. The molecule has 2 aromatic carbocycles. The molecule has 58 heavy (non-hydrogen) atoms. The molecule has 18 heteroatoms. The Morgan fingerprint density at radius 2 is 1.53 bits per heavy atom. The summed E-state index contributed by atoms with van der Waals surface area (Å²) < 4.78 is 5.63. The van der Waals surface area contributed by atoms with Crippen molar-refractivity contribution in [1.29, 1.82) is 0 Å². The van der Waals surface area contributed by atoms with Crippen LogP contribution in [0.25, 0.3) is 0 Å². The highest BCUT2D eigenvalue weighted by Gasteiger charge is 2.45. The Balaban J connectivity index is 1.86. The first kappa shape index (κ1) is 44.9. The zero-order valence-corrected chi connectivity index (χ0v) is 33.0. The molecule has 0 aromatic heterocycles. The number of carbonyl (C=O) groups excluding carboxylic acids is 7. The minimum absolute atomic E-state index is 0.0485. The Morgan fingerprint density at radius 1 is 0.914 bits per heavy atom. The molecular formula is C40H52N6O12. The lowest BCUT2D eigenvalue weighted by Crippen LogP contribution is -2.64.